The molecule has 1 atom stereocenters. The molecule has 0 aromatic carbocycles. The van der Waals surface area contributed by atoms with Crippen LogP contribution < -0.4 is 5.32 Å². The molecule has 1 aliphatic rings. The van der Waals surface area contributed by atoms with Crippen molar-refractivity contribution in [2.45, 2.75) is 18.8 Å². The lowest BCUT2D eigenvalue weighted by molar-refractivity contribution is 0.463. The summed E-state index contributed by atoms with van der Waals surface area (Å²) in [6, 6.07) is 2.12. The van der Waals surface area contributed by atoms with Gasteiger partial charge in [0.25, 0.3) is 0 Å². The van der Waals surface area contributed by atoms with E-state index in [2.05, 4.69) is 21.4 Å². The Morgan fingerprint density at radius 1 is 1.40 bits per heavy atom. The first-order valence-corrected chi connectivity index (χ1v) is 6.22. The molecule has 2 aromatic heterocycles. The van der Waals surface area contributed by atoms with Gasteiger partial charge in [-0.25, -0.2) is 9.97 Å². The lowest BCUT2D eigenvalue weighted by atomic mass is 9.92. The molecular formula is C11H13N3S. The third-order valence-corrected chi connectivity index (χ3v) is 3.74. The first-order valence-electron chi connectivity index (χ1n) is 5.34. The predicted molar refractivity (Wildman–Crippen MR) is 62.3 cm³/mol. The van der Waals surface area contributed by atoms with Crippen molar-refractivity contribution in [1.82, 2.24) is 15.3 Å². The Hall–Kier alpha value is -1.00. The molecule has 1 N–H and O–H groups in total. The minimum absolute atomic E-state index is 0.617. The zero-order valence-electron chi connectivity index (χ0n) is 8.44. The number of hydrogen-bond acceptors (Lipinski definition) is 4. The lowest BCUT2D eigenvalue weighted by Crippen LogP contribution is -2.28. The third-order valence-electron chi connectivity index (χ3n) is 3.00. The van der Waals surface area contributed by atoms with Crippen LogP contribution >= 0.6 is 11.3 Å². The Bertz CT molecular complexity index is 460. The number of nitrogens with zero attached hydrogens (tertiary/aromatic N) is 2. The van der Waals surface area contributed by atoms with E-state index in [-0.39, 0.29) is 0 Å². The maximum absolute atomic E-state index is 4.42. The molecule has 1 fully saturated rings. The monoisotopic (exact) mass is 219 g/mol. The van der Waals surface area contributed by atoms with Gasteiger partial charge in [0, 0.05) is 12.7 Å². The van der Waals surface area contributed by atoms with Crippen molar-refractivity contribution in [2.75, 3.05) is 13.1 Å². The van der Waals surface area contributed by atoms with Crippen molar-refractivity contribution >= 4 is 21.7 Å². The highest BCUT2D eigenvalue weighted by atomic mass is 32.1. The Morgan fingerprint density at radius 3 is 3.27 bits per heavy atom. The van der Waals surface area contributed by atoms with Gasteiger partial charge in [0.05, 0.1) is 5.51 Å². The van der Waals surface area contributed by atoms with Crippen molar-refractivity contribution < 1.29 is 0 Å². The summed E-state index contributed by atoms with van der Waals surface area (Å²) in [5, 5.41) is 3.45. The summed E-state index contributed by atoms with van der Waals surface area (Å²) < 4.78 is 0. The average molecular weight is 219 g/mol. The SMILES string of the molecule is c1cc([C@@H]2CCCNC2)c2ncsc2n1. The van der Waals surface area contributed by atoms with Gasteiger partial charge < -0.3 is 5.32 Å². The van der Waals surface area contributed by atoms with E-state index in [9.17, 15) is 0 Å². The van der Waals surface area contributed by atoms with E-state index in [4.69, 9.17) is 0 Å². The maximum atomic E-state index is 4.42. The summed E-state index contributed by atoms with van der Waals surface area (Å²) in [6.45, 7) is 2.23. The molecule has 4 heteroatoms. The van der Waals surface area contributed by atoms with E-state index < -0.39 is 0 Å². The molecule has 78 valence electrons. The minimum Gasteiger partial charge on any atom is -0.316 e. The number of aromatic nitrogens is 2. The molecule has 0 spiro atoms. The van der Waals surface area contributed by atoms with Gasteiger partial charge in [-0.15, -0.1) is 11.3 Å². The third kappa shape index (κ3) is 1.64. The molecule has 0 bridgehead atoms. The number of piperidine rings is 1. The van der Waals surface area contributed by atoms with Crippen molar-refractivity contribution in [2.24, 2.45) is 0 Å². The number of thiazole rings is 1. The van der Waals surface area contributed by atoms with E-state index in [0.29, 0.717) is 5.92 Å². The molecule has 1 saturated heterocycles. The van der Waals surface area contributed by atoms with Gasteiger partial charge in [0.1, 0.15) is 10.3 Å². The summed E-state index contributed by atoms with van der Waals surface area (Å²) in [4.78, 5) is 9.82. The zero-order valence-corrected chi connectivity index (χ0v) is 9.26. The highest BCUT2D eigenvalue weighted by Gasteiger charge is 2.18. The van der Waals surface area contributed by atoms with Crippen LogP contribution in [0.4, 0.5) is 0 Å². The van der Waals surface area contributed by atoms with Gasteiger partial charge in [-0.3, -0.25) is 0 Å². The van der Waals surface area contributed by atoms with Crippen LogP contribution in [-0.2, 0) is 0 Å². The first-order chi connectivity index (χ1) is 7.45. The van der Waals surface area contributed by atoms with E-state index in [1.807, 2.05) is 11.7 Å². The average Bonchev–Trinajstić information content (AvgIpc) is 2.78. The molecule has 0 aliphatic carbocycles. The largest absolute Gasteiger partial charge is 0.316 e. The second-order valence-corrected chi connectivity index (χ2v) is 4.78. The molecular weight excluding hydrogens is 206 g/mol. The highest BCUT2D eigenvalue weighted by molar-refractivity contribution is 7.16. The fourth-order valence-corrected chi connectivity index (χ4v) is 2.90. The number of fused-ring (bicyclic) bond motifs is 1. The van der Waals surface area contributed by atoms with Gasteiger partial charge in [-0.2, -0.15) is 0 Å². The van der Waals surface area contributed by atoms with Crippen LogP contribution in [0.25, 0.3) is 10.3 Å². The van der Waals surface area contributed by atoms with E-state index in [1.54, 1.807) is 11.3 Å². The van der Waals surface area contributed by atoms with E-state index >= 15 is 0 Å². The van der Waals surface area contributed by atoms with Crippen LogP contribution in [0.3, 0.4) is 0 Å². The van der Waals surface area contributed by atoms with Crippen LogP contribution in [-0.4, -0.2) is 23.1 Å². The number of pyridine rings is 1. The van der Waals surface area contributed by atoms with Crippen molar-refractivity contribution in [1.29, 1.82) is 0 Å². The molecule has 0 radical (unpaired) electrons. The van der Waals surface area contributed by atoms with Gasteiger partial charge in [-0.1, -0.05) is 0 Å². The Morgan fingerprint density at radius 2 is 2.40 bits per heavy atom. The van der Waals surface area contributed by atoms with Crippen LogP contribution in [0.5, 0.6) is 0 Å². The quantitative estimate of drug-likeness (QED) is 0.798. The van der Waals surface area contributed by atoms with E-state index in [0.717, 1.165) is 23.4 Å². The Balaban J connectivity index is 2.05. The lowest BCUT2D eigenvalue weighted by Gasteiger charge is -2.23. The predicted octanol–water partition coefficient (Wildman–Crippen LogP) is 2.16. The molecule has 3 heterocycles. The molecule has 2 aromatic rings. The summed E-state index contributed by atoms with van der Waals surface area (Å²) in [6.07, 6.45) is 4.44. The fourth-order valence-electron chi connectivity index (χ4n) is 2.24. The topological polar surface area (TPSA) is 37.8 Å². The van der Waals surface area contributed by atoms with Crippen molar-refractivity contribution in [3.05, 3.63) is 23.3 Å². The molecule has 0 saturated carbocycles. The standard InChI is InChI=1S/C11H13N3S/c1-2-8(6-12-4-1)9-3-5-13-11-10(9)14-7-15-11/h3,5,7-8,12H,1-2,4,6H2/t8-/m1/s1. The maximum Gasteiger partial charge on any atom is 0.143 e. The second kappa shape index (κ2) is 3.87. The number of hydrogen-bond donors (Lipinski definition) is 1. The van der Waals surface area contributed by atoms with Crippen LogP contribution in [0.2, 0.25) is 0 Å². The van der Waals surface area contributed by atoms with Gasteiger partial charge >= 0.3 is 0 Å². The summed E-state index contributed by atoms with van der Waals surface area (Å²) in [5.74, 6) is 0.617. The summed E-state index contributed by atoms with van der Waals surface area (Å²) >= 11 is 1.62. The van der Waals surface area contributed by atoms with Gasteiger partial charge in [-0.05, 0) is 36.9 Å². The number of nitrogens with one attached hydrogen (secondary N) is 1. The smallest absolute Gasteiger partial charge is 0.143 e. The molecule has 3 nitrogen and oxygen atoms in total. The molecule has 0 amide bonds. The number of rotatable bonds is 1. The minimum atomic E-state index is 0.617. The molecule has 1 aliphatic heterocycles. The van der Waals surface area contributed by atoms with Crippen LogP contribution in [0, 0.1) is 0 Å². The molecule has 15 heavy (non-hydrogen) atoms. The normalized spacial score (nSPS) is 22.0. The second-order valence-electron chi connectivity index (χ2n) is 3.95. The van der Waals surface area contributed by atoms with Crippen molar-refractivity contribution in [3.63, 3.8) is 0 Å². The van der Waals surface area contributed by atoms with E-state index in [1.165, 1.54) is 18.4 Å². The Kier molecular flexibility index (Phi) is 2.38. The Labute approximate surface area is 92.6 Å². The highest BCUT2D eigenvalue weighted by Crippen LogP contribution is 2.29. The fraction of sp³-hybridized carbons (Fsp3) is 0.455. The summed E-state index contributed by atoms with van der Waals surface area (Å²) in [5.41, 5.74) is 4.36. The zero-order chi connectivity index (χ0) is 10.1. The van der Waals surface area contributed by atoms with Gasteiger partial charge in [0.15, 0.2) is 0 Å². The first kappa shape index (κ1) is 9.24. The van der Waals surface area contributed by atoms with Crippen molar-refractivity contribution in [3.8, 4) is 0 Å². The molecule has 0 unspecified atom stereocenters. The van der Waals surface area contributed by atoms with Crippen LogP contribution in [0.1, 0.15) is 24.3 Å². The van der Waals surface area contributed by atoms with Gasteiger partial charge in [0.2, 0.25) is 0 Å². The molecule has 3 rings (SSSR count). The van der Waals surface area contributed by atoms with Crippen LogP contribution in [0.15, 0.2) is 17.8 Å². The summed E-state index contributed by atoms with van der Waals surface area (Å²) in [7, 11) is 0.